The van der Waals surface area contributed by atoms with E-state index in [-0.39, 0.29) is 24.4 Å². The van der Waals surface area contributed by atoms with Crippen molar-refractivity contribution in [2.24, 2.45) is 0 Å². The van der Waals surface area contributed by atoms with Crippen LogP contribution in [0.25, 0.3) is 21.5 Å². The van der Waals surface area contributed by atoms with Gasteiger partial charge < -0.3 is 19.3 Å². The number of anilines is 1. The Morgan fingerprint density at radius 1 is 1.36 bits per heavy atom. The van der Waals surface area contributed by atoms with Crippen LogP contribution in [0.4, 0.5) is 10.1 Å². The highest BCUT2D eigenvalue weighted by Crippen LogP contribution is 2.38. The smallest absolute Gasteiger partial charge is 0.205 e. The fourth-order valence-corrected chi connectivity index (χ4v) is 4.03. The summed E-state index contributed by atoms with van der Waals surface area (Å²) in [5.74, 6) is -0.494. The molecule has 25 heavy (non-hydrogen) atoms. The largest absolute Gasteiger partial charge is 0.392 e. The molecule has 0 saturated carbocycles. The average Bonchev–Trinajstić information content (AvgIpc) is 3.22. The highest BCUT2D eigenvalue weighted by molar-refractivity contribution is 7.13. The number of rotatable bonds is 3. The second-order valence-corrected chi connectivity index (χ2v) is 7.18. The van der Waals surface area contributed by atoms with Crippen molar-refractivity contribution in [1.82, 2.24) is 10.1 Å². The summed E-state index contributed by atoms with van der Waals surface area (Å²) in [6.45, 7) is 4.74. The van der Waals surface area contributed by atoms with Crippen molar-refractivity contribution >= 4 is 28.0 Å². The molecule has 0 bridgehead atoms. The summed E-state index contributed by atoms with van der Waals surface area (Å²) in [5, 5.41) is 14.4. The molecule has 6 nitrogen and oxygen atoms in total. The maximum Gasteiger partial charge on any atom is 0.205 e. The van der Waals surface area contributed by atoms with E-state index in [9.17, 15) is 5.11 Å². The van der Waals surface area contributed by atoms with E-state index in [0.29, 0.717) is 35.4 Å². The number of nitrogens with zero attached hydrogens (tertiary/aromatic N) is 3. The number of morpholine rings is 1. The molecule has 2 unspecified atom stereocenters. The molecule has 0 amide bonds. The molecule has 132 valence electrons. The average molecular weight is 363 g/mol. The first-order chi connectivity index (χ1) is 12.1. The number of halogens is 1. The zero-order valence-electron chi connectivity index (χ0n) is 13.9. The summed E-state index contributed by atoms with van der Waals surface area (Å²) in [6.07, 6.45) is 1.62. The van der Waals surface area contributed by atoms with Crippen molar-refractivity contribution in [3.8, 4) is 10.6 Å². The van der Waals surface area contributed by atoms with Gasteiger partial charge in [0.05, 0.1) is 40.3 Å². The number of hydrogen-bond donors (Lipinski definition) is 1. The summed E-state index contributed by atoms with van der Waals surface area (Å²) < 4.78 is 26.3. The van der Waals surface area contributed by atoms with Crippen LogP contribution in [0, 0.1) is 5.82 Å². The molecule has 1 aliphatic rings. The van der Waals surface area contributed by atoms with Gasteiger partial charge in [0, 0.05) is 24.8 Å². The second-order valence-electron chi connectivity index (χ2n) is 6.29. The van der Waals surface area contributed by atoms with E-state index in [1.54, 1.807) is 17.8 Å². The molecule has 1 saturated heterocycles. The third-order valence-corrected chi connectivity index (χ3v) is 5.11. The number of aromatic nitrogens is 2. The number of aliphatic hydroxyl groups excluding tert-OH is 1. The van der Waals surface area contributed by atoms with Crippen molar-refractivity contribution in [3.05, 3.63) is 29.2 Å². The Balaban J connectivity index is 1.87. The lowest BCUT2D eigenvalue weighted by Gasteiger charge is -2.37. The fraction of sp³-hybridized carbons (Fsp3) is 0.412. The quantitative estimate of drug-likeness (QED) is 0.771. The zero-order chi connectivity index (χ0) is 17.6. The monoisotopic (exact) mass is 363 g/mol. The minimum Gasteiger partial charge on any atom is -0.392 e. The van der Waals surface area contributed by atoms with Crippen LogP contribution in [-0.2, 0) is 11.3 Å². The number of aliphatic hydroxyl groups is 1. The summed E-state index contributed by atoms with van der Waals surface area (Å²) >= 11 is 1.40. The number of ether oxygens (including phenoxy) is 1. The van der Waals surface area contributed by atoms with Crippen molar-refractivity contribution < 1.29 is 18.8 Å². The molecule has 1 aliphatic heterocycles. The predicted molar refractivity (Wildman–Crippen MR) is 93.2 cm³/mol. The molecule has 2 atom stereocenters. The van der Waals surface area contributed by atoms with Gasteiger partial charge in [-0.2, -0.15) is 0 Å². The molecule has 0 spiro atoms. The summed E-state index contributed by atoms with van der Waals surface area (Å²) in [4.78, 5) is 6.73. The van der Waals surface area contributed by atoms with Crippen LogP contribution < -0.4 is 4.90 Å². The van der Waals surface area contributed by atoms with Crippen LogP contribution in [0.1, 0.15) is 19.4 Å². The van der Waals surface area contributed by atoms with Gasteiger partial charge in [0.25, 0.3) is 0 Å². The molecule has 8 heteroatoms. The Hall–Kier alpha value is -2.03. The van der Waals surface area contributed by atoms with Gasteiger partial charge in [0.15, 0.2) is 5.82 Å². The van der Waals surface area contributed by atoms with Crippen LogP contribution in [0.5, 0.6) is 0 Å². The molecule has 1 aromatic carbocycles. The van der Waals surface area contributed by atoms with Gasteiger partial charge in [-0.1, -0.05) is 5.16 Å². The molecule has 0 aliphatic carbocycles. The number of benzene rings is 1. The normalized spacial score (nSPS) is 21.2. The van der Waals surface area contributed by atoms with E-state index in [0.717, 1.165) is 4.88 Å². The summed E-state index contributed by atoms with van der Waals surface area (Å²) in [6, 6.07) is 1.75. The molecule has 1 N–H and O–H groups in total. The Kier molecular flexibility index (Phi) is 4.18. The zero-order valence-corrected chi connectivity index (χ0v) is 14.7. The molecule has 1 fully saturated rings. The third kappa shape index (κ3) is 2.80. The Morgan fingerprint density at radius 2 is 2.12 bits per heavy atom. The number of thiazole rings is 1. The van der Waals surface area contributed by atoms with Crippen LogP contribution in [0.3, 0.4) is 0 Å². The van der Waals surface area contributed by atoms with Crippen LogP contribution >= 0.6 is 11.3 Å². The van der Waals surface area contributed by atoms with Gasteiger partial charge in [0.2, 0.25) is 5.58 Å². The van der Waals surface area contributed by atoms with E-state index in [2.05, 4.69) is 10.1 Å². The van der Waals surface area contributed by atoms with Gasteiger partial charge in [-0.3, -0.25) is 4.98 Å². The first-order valence-electron chi connectivity index (χ1n) is 8.09. The first-order valence-corrected chi connectivity index (χ1v) is 8.97. The molecular formula is C17H18FN3O3S. The summed E-state index contributed by atoms with van der Waals surface area (Å²) in [7, 11) is 0. The predicted octanol–water partition coefficient (Wildman–Crippen LogP) is 3.20. The highest BCUT2D eigenvalue weighted by Gasteiger charge is 2.29. The minimum absolute atomic E-state index is 0.0205. The van der Waals surface area contributed by atoms with Gasteiger partial charge in [-0.05, 0) is 19.9 Å². The van der Waals surface area contributed by atoms with Gasteiger partial charge in [0.1, 0.15) is 5.69 Å². The highest BCUT2D eigenvalue weighted by atomic mass is 32.1. The molecule has 2 aromatic heterocycles. The molecular weight excluding hydrogens is 345 g/mol. The number of fused-ring (bicyclic) bond motifs is 1. The minimum atomic E-state index is -0.494. The first kappa shape index (κ1) is 16.4. The van der Waals surface area contributed by atoms with Crippen molar-refractivity contribution in [2.75, 3.05) is 18.0 Å². The van der Waals surface area contributed by atoms with Crippen LogP contribution in [-0.4, -0.2) is 40.5 Å². The van der Waals surface area contributed by atoms with Crippen molar-refractivity contribution in [3.63, 3.8) is 0 Å². The molecule has 3 heterocycles. The summed E-state index contributed by atoms with van der Waals surface area (Å²) in [5.41, 5.74) is 3.21. The van der Waals surface area contributed by atoms with Gasteiger partial charge in [-0.15, -0.1) is 11.3 Å². The van der Waals surface area contributed by atoms with E-state index >= 15 is 4.39 Å². The van der Waals surface area contributed by atoms with E-state index in [1.165, 1.54) is 11.3 Å². The standard InChI is InChI=1S/C17H18FN3O3S/c1-9-5-21(6-10(2)23-9)16-11(7-22)3-12-15(13-4-19-8-25-13)20-24-17(12)14(16)18/h3-4,8-10,22H,5-7H2,1-2H3. The van der Waals surface area contributed by atoms with Gasteiger partial charge >= 0.3 is 0 Å². The van der Waals surface area contributed by atoms with E-state index < -0.39 is 5.82 Å². The second kappa shape index (κ2) is 6.36. The van der Waals surface area contributed by atoms with Crippen molar-refractivity contribution in [2.45, 2.75) is 32.7 Å². The lowest BCUT2D eigenvalue weighted by Crippen LogP contribution is -2.46. The van der Waals surface area contributed by atoms with E-state index in [4.69, 9.17) is 9.26 Å². The number of hydrogen-bond acceptors (Lipinski definition) is 7. The van der Waals surface area contributed by atoms with Crippen LogP contribution in [0.2, 0.25) is 0 Å². The van der Waals surface area contributed by atoms with Crippen molar-refractivity contribution in [1.29, 1.82) is 0 Å². The van der Waals surface area contributed by atoms with Crippen LogP contribution in [0.15, 0.2) is 22.3 Å². The topological polar surface area (TPSA) is 71.6 Å². The Labute approximate surface area is 147 Å². The van der Waals surface area contributed by atoms with Gasteiger partial charge in [-0.25, -0.2) is 4.39 Å². The van der Waals surface area contributed by atoms with E-state index in [1.807, 2.05) is 18.7 Å². The lowest BCUT2D eigenvalue weighted by atomic mass is 10.0. The Morgan fingerprint density at radius 3 is 2.76 bits per heavy atom. The SMILES string of the molecule is CC1CN(c2c(CO)cc3c(-c4cncs4)noc3c2F)CC(C)O1. The molecule has 3 aromatic rings. The molecule has 4 rings (SSSR count). The maximum atomic E-state index is 15.3. The lowest BCUT2D eigenvalue weighted by molar-refractivity contribution is -0.00549. The molecule has 0 radical (unpaired) electrons. The Bertz CT molecular complexity index is 886. The third-order valence-electron chi connectivity index (χ3n) is 4.33. The fourth-order valence-electron chi connectivity index (χ4n) is 3.41. The maximum absolute atomic E-state index is 15.3.